The largest absolute Gasteiger partial charge is 0.426 e. The zero-order chi connectivity index (χ0) is 22.2. The highest BCUT2D eigenvalue weighted by Crippen LogP contribution is 2.14. The fourth-order valence-corrected chi connectivity index (χ4v) is 3.95. The fourth-order valence-electron chi connectivity index (χ4n) is 3.95. The summed E-state index contributed by atoms with van der Waals surface area (Å²) >= 11 is 0. The number of rotatable bonds is 21. The molecule has 1 aromatic rings. The maximum atomic E-state index is 11.7. The van der Waals surface area contributed by atoms with Gasteiger partial charge in [-0.15, -0.1) is 0 Å². The van der Waals surface area contributed by atoms with Crippen LogP contribution in [0.2, 0.25) is 0 Å². The fraction of sp³-hybridized carbons (Fsp3) is 0.690. The monoisotopic (exact) mass is 428 g/mol. The Morgan fingerprint density at radius 3 is 1.58 bits per heavy atom. The quantitative estimate of drug-likeness (QED) is 0.0843. The molecule has 0 aliphatic carbocycles. The van der Waals surface area contributed by atoms with E-state index < -0.39 is 0 Å². The summed E-state index contributed by atoms with van der Waals surface area (Å²) < 4.78 is 5.26. The average molecular weight is 429 g/mol. The van der Waals surface area contributed by atoms with Crippen molar-refractivity contribution in [2.75, 3.05) is 0 Å². The molecule has 31 heavy (non-hydrogen) atoms. The van der Waals surface area contributed by atoms with E-state index in [1.54, 1.807) is 12.1 Å². The lowest BCUT2D eigenvalue weighted by atomic mass is 10.0. The molecule has 0 N–H and O–H groups in total. The van der Waals surface area contributed by atoms with E-state index in [1.165, 1.54) is 109 Å². The molecule has 2 nitrogen and oxygen atoms in total. The van der Waals surface area contributed by atoms with Gasteiger partial charge in [0.05, 0.1) is 6.42 Å². The number of para-hydroxylation sites is 1. The first-order valence-corrected chi connectivity index (χ1v) is 13.2. The molecule has 0 radical (unpaired) electrons. The van der Waals surface area contributed by atoms with Crippen LogP contribution in [-0.2, 0) is 4.79 Å². The Balaban J connectivity index is 1.76. The molecule has 0 heterocycles. The van der Waals surface area contributed by atoms with Crippen molar-refractivity contribution in [1.82, 2.24) is 0 Å². The van der Waals surface area contributed by atoms with E-state index in [1.807, 2.05) is 24.3 Å². The molecule has 0 amide bonds. The third-order valence-electron chi connectivity index (χ3n) is 5.90. The molecule has 2 heteroatoms. The topological polar surface area (TPSA) is 26.3 Å². The summed E-state index contributed by atoms with van der Waals surface area (Å²) in [7, 11) is 0. The lowest BCUT2D eigenvalue weighted by Gasteiger charge is -2.03. The van der Waals surface area contributed by atoms with Crippen LogP contribution in [0.3, 0.4) is 0 Å². The number of esters is 1. The van der Waals surface area contributed by atoms with E-state index in [4.69, 9.17) is 4.74 Å². The molecular formula is C29H48O2. The average Bonchev–Trinajstić information content (AvgIpc) is 2.78. The molecule has 0 spiro atoms. The van der Waals surface area contributed by atoms with E-state index in [-0.39, 0.29) is 5.97 Å². The molecule has 0 aromatic heterocycles. The number of hydrogen-bond acceptors (Lipinski definition) is 2. The highest BCUT2D eigenvalue weighted by molar-refractivity contribution is 5.73. The number of hydrogen-bond donors (Lipinski definition) is 0. The van der Waals surface area contributed by atoms with Gasteiger partial charge >= 0.3 is 5.97 Å². The second-order valence-electron chi connectivity index (χ2n) is 8.91. The van der Waals surface area contributed by atoms with Gasteiger partial charge < -0.3 is 4.74 Å². The summed E-state index contributed by atoms with van der Waals surface area (Å²) in [5.41, 5.74) is 0. The maximum Gasteiger partial charge on any atom is 0.315 e. The standard InChI is InChI=1S/C29H48O2/c1-2-3-4-5-6-7-8-9-10-11-12-13-14-15-16-17-18-19-20-24-27-29(30)31-28-25-22-21-23-26-28/h20-26H,2-19,27H2,1H3. The minimum atomic E-state index is -0.190. The molecule has 0 bridgehead atoms. The van der Waals surface area contributed by atoms with Gasteiger partial charge in [0, 0.05) is 0 Å². The summed E-state index contributed by atoms with van der Waals surface area (Å²) in [6, 6.07) is 9.26. The van der Waals surface area contributed by atoms with Crippen LogP contribution >= 0.6 is 0 Å². The van der Waals surface area contributed by atoms with E-state index >= 15 is 0 Å². The zero-order valence-electron chi connectivity index (χ0n) is 20.3. The van der Waals surface area contributed by atoms with Crippen molar-refractivity contribution in [3.05, 3.63) is 42.5 Å². The van der Waals surface area contributed by atoms with Crippen LogP contribution in [0.15, 0.2) is 42.5 Å². The van der Waals surface area contributed by atoms with Crippen molar-refractivity contribution in [2.24, 2.45) is 0 Å². The van der Waals surface area contributed by atoms with Crippen LogP contribution in [0.4, 0.5) is 0 Å². The SMILES string of the molecule is CCCCCCCCCCCCCCCCCCCC=CCC(=O)Oc1ccccc1. The first kappa shape index (κ1) is 27.5. The molecule has 0 fully saturated rings. The third-order valence-corrected chi connectivity index (χ3v) is 5.90. The number of carbonyl (C=O) groups excluding carboxylic acids is 1. The number of benzene rings is 1. The van der Waals surface area contributed by atoms with E-state index in [9.17, 15) is 4.79 Å². The number of ether oxygens (including phenoxy) is 1. The van der Waals surface area contributed by atoms with Gasteiger partial charge in [0.15, 0.2) is 0 Å². The van der Waals surface area contributed by atoms with Gasteiger partial charge in [-0.2, -0.15) is 0 Å². The van der Waals surface area contributed by atoms with Crippen LogP contribution in [-0.4, -0.2) is 5.97 Å². The van der Waals surface area contributed by atoms with Gasteiger partial charge in [0.1, 0.15) is 5.75 Å². The Labute approximate surface area is 192 Å². The second kappa shape index (κ2) is 21.7. The number of carbonyl (C=O) groups is 1. The normalized spacial score (nSPS) is 11.3. The van der Waals surface area contributed by atoms with Crippen molar-refractivity contribution in [2.45, 2.75) is 129 Å². The third kappa shape index (κ3) is 18.9. The summed E-state index contributed by atoms with van der Waals surface area (Å²) in [4.78, 5) is 11.7. The van der Waals surface area contributed by atoms with Gasteiger partial charge in [0.25, 0.3) is 0 Å². The van der Waals surface area contributed by atoms with Crippen molar-refractivity contribution < 1.29 is 9.53 Å². The second-order valence-corrected chi connectivity index (χ2v) is 8.91. The first-order valence-electron chi connectivity index (χ1n) is 13.2. The lowest BCUT2D eigenvalue weighted by molar-refractivity contribution is -0.133. The van der Waals surface area contributed by atoms with Gasteiger partial charge in [-0.1, -0.05) is 140 Å². The van der Waals surface area contributed by atoms with E-state index in [2.05, 4.69) is 13.0 Å². The molecule has 0 atom stereocenters. The summed E-state index contributed by atoms with van der Waals surface area (Å²) in [6.45, 7) is 2.29. The van der Waals surface area contributed by atoms with Crippen LogP contribution in [0.25, 0.3) is 0 Å². The van der Waals surface area contributed by atoms with Crippen LogP contribution in [0, 0.1) is 0 Å². The Morgan fingerprint density at radius 2 is 1.10 bits per heavy atom. The summed E-state index contributed by atoms with van der Waals surface area (Å²) in [5, 5.41) is 0. The van der Waals surface area contributed by atoms with Crippen molar-refractivity contribution in [3.63, 3.8) is 0 Å². The Morgan fingerprint density at radius 1 is 0.645 bits per heavy atom. The lowest BCUT2D eigenvalue weighted by Crippen LogP contribution is -2.05. The zero-order valence-corrected chi connectivity index (χ0v) is 20.3. The molecule has 1 aromatic carbocycles. The highest BCUT2D eigenvalue weighted by Gasteiger charge is 2.01. The predicted octanol–water partition coefficient (Wildman–Crippen LogP) is 9.58. The summed E-state index contributed by atoms with van der Waals surface area (Å²) in [6.07, 6.45) is 29.4. The molecule has 0 aliphatic heterocycles. The van der Waals surface area contributed by atoms with Crippen LogP contribution in [0.5, 0.6) is 5.75 Å². The minimum absolute atomic E-state index is 0.190. The van der Waals surface area contributed by atoms with Crippen molar-refractivity contribution in [1.29, 1.82) is 0 Å². The Kier molecular flexibility index (Phi) is 19.2. The smallest absolute Gasteiger partial charge is 0.315 e. The van der Waals surface area contributed by atoms with Crippen molar-refractivity contribution in [3.8, 4) is 5.75 Å². The molecule has 0 saturated carbocycles. The molecular weight excluding hydrogens is 380 g/mol. The molecule has 176 valence electrons. The van der Waals surface area contributed by atoms with E-state index in [0.717, 1.165) is 6.42 Å². The van der Waals surface area contributed by atoms with Crippen LogP contribution < -0.4 is 4.74 Å². The molecule has 0 unspecified atom stereocenters. The van der Waals surface area contributed by atoms with Gasteiger partial charge in [0.2, 0.25) is 0 Å². The Bertz CT molecular complexity index is 535. The minimum Gasteiger partial charge on any atom is -0.426 e. The molecule has 1 rings (SSSR count). The summed E-state index contributed by atoms with van der Waals surface area (Å²) in [5.74, 6) is 0.430. The van der Waals surface area contributed by atoms with Crippen molar-refractivity contribution >= 4 is 5.97 Å². The van der Waals surface area contributed by atoms with Crippen LogP contribution in [0.1, 0.15) is 129 Å². The van der Waals surface area contributed by atoms with Gasteiger partial charge in [-0.25, -0.2) is 0 Å². The molecule has 0 aliphatic rings. The highest BCUT2D eigenvalue weighted by atomic mass is 16.5. The maximum absolute atomic E-state index is 11.7. The molecule has 0 saturated heterocycles. The van der Waals surface area contributed by atoms with Gasteiger partial charge in [-0.05, 0) is 25.0 Å². The van der Waals surface area contributed by atoms with Gasteiger partial charge in [-0.3, -0.25) is 4.79 Å². The number of unbranched alkanes of at least 4 members (excludes halogenated alkanes) is 17. The Hall–Kier alpha value is -1.57. The van der Waals surface area contributed by atoms with E-state index in [0.29, 0.717) is 12.2 Å². The first-order chi connectivity index (χ1) is 15.3. The number of allylic oxidation sites excluding steroid dienone is 1. The predicted molar refractivity (Wildman–Crippen MR) is 135 cm³/mol.